The minimum absolute atomic E-state index is 0. The van der Waals surface area contributed by atoms with Crippen molar-refractivity contribution in [3.05, 3.63) is 57.7 Å². The average molecular weight is 341 g/mol. The molecule has 1 rings (SSSR count). The third-order valence-electron chi connectivity index (χ3n) is 0.607. The third kappa shape index (κ3) is 22.7. The normalized spacial score (nSPS) is 4.67. The van der Waals surface area contributed by atoms with E-state index in [4.69, 9.17) is 6.42 Å². The Morgan fingerprint density at radius 3 is 1.50 bits per heavy atom. The Hall–Kier alpha value is -0.532. The van der Waals surface area contributed by atoms with E-state index in [-0.39, 0.29) is 35.9 Å². The summed E-state index contributed by atoms with van der Waals surface area (Å²) in [6.07, 6.45) is 5.96. The Bertz CT molecular complexity index is 135. The van der Waals surface area contributed by atoms with Crippen LogP contribution < -0.4 is 0 Å². The van der Waals surface area contributed by atoms with E-state index in [0.29, 0.717) is 0 Å². The van der Waals surface area contributed by atoms with Gasteiger partial charge in [-0.05, 0) is 6.92 Å². The predicted molar refractivity (Wildman–Crippen MR) is 50.9 cm³/mol. The molecule has 0 nitrogen and oxygen atoms in total. The van der Waals surface area contributed by atoms with E-state index < -0.39 is 0 Å². The molecule has 0 aliphatic carbocycles. The molecule has 1 heteroatoms. The second kappa shape index (κ2) is 22.4. The average Bonchev–Trinajstić information content (AvgIpc) is 1.93. The number of benzene rings is 1. The zero-order chi connectivity index (χ0) is 6.95. The Kier molecular flexibility index (Phi) is 42.1. The van der Waals surface area contributed by atoms with Gasteiger partial charge in [0, 0.05) is 0 Å². The van der Waals surface area contributed by atoms with Gasteiger partial charge in [-0.3, -0.25) is 0 Å². The summed E-state index contributed by atoms with van der Waals surface area (Å²) in [5.74, 6) is 2.00. The Morgan fingerprint density at radius 1 is 1.08 bits per heavy atom. The van der Waals surface area contributed by atoms with Crippen molar-refractivity contribution in [2.75, 3.05) is 0 Å². The van der Waals surface area contributed by atoms with Crippen molar-refractivity contribution in [3.63, 3.8) is 0 Å². The fourth-order valence-corrected chi connectivity index (χ4v) is 0.342. The van der Waals surface area contributed by atoms with Crippen LogP contribution in [0.5, 0.6) is 0 Å². The molecule has 0 aromatic heterocycles. The molecule has 0 N–H and O–H groups in total. The first-order chi connectivity index (χ1) is 4.41. The summed E-state index contributed by atoms with van der Waals surface area (Å²) in [7, 11) is 0. The summed E-state index contributed by atoms with van der Waals surface area (Å²) in [4.78, 5) is 0. The van der Waals surface area contributed by atoms with Crippen molar-refractivity contribution in [3.8, 4) is 5.92 Å². The van der Waals surface area contributed by atoms with Gasteiger partial charge in [0.25, 0.3) is 0 Å². The minimum Gasteiger partial charge on any atom is -0.694 e. The van der Waals surface area contributed by atoms with Crippen molar-refractivity contribution in [1.82, 2.24) is 0 Å². The summed E-state index contributed by atoms with van der Waals surface area (Å²) in [5, 5.41) is 0. The van der Waals surface area contributed by atoms with Gasteiger partial charge in [-0.25, -0.2) is 0 Å². The summed E-state index contributed by atoms with van der Waals surface area (Å²) >= 11 is 0. The topological polar surface area (TPSA) is 0 Å². The molecular formula is C11H14Pt. The van der Waals surface area contributed by atoms with E-state index in [1.807, 2.05) is 36.3 Å². The smallest absolute Gasteiger partial charge is 0.694 e. The molecule has 0 amide bonds. The third-order valence-corrected chi connectivity index (χ3v) is 0.607. The number of hydrogen-bond donors (Lipinski definition) is 0. The molecule has 0 saturated heterocycles. The van der Waals surface area contributed by atoms with Crippen LogP contribution in [0.3, 0.4) is 0 Å². The molecule has 0 spiro atoms. The van der Waals surface area contributed by atoms with E-state index in [2.05, 4.69) is 6.07 Å². The van der Waals surface area contributed by atoms with Crippen LogP contribution in [0.25, 0.3) is 0 Å². The summed E-state index contributed by atoms with van der Waals surface area (Å²) in [6, 6.07) is 12.5. The molecule has 0 atom stereocenters. The molecule has 0 fully saturated rings. The molecular weight excluding hydrogens is 327 g/mol. The molecule has 12 heavy (non-hydrogen) atoms. The van der Waals surface area contributed by atoms with Gasteiger partial charge in [0.2, 0.25) is 0 Å². The standard InChI is InChI=1S/C6H5.C3H3.2CH3.Pt/c1-2-4-6-5-3-1;1-3-2;;;/h1-5H;1H3;2*1H3;/q4*-1;+4. The van der Waals surface area contributed by atoms with Gasteiger partial charge in [-0.15, -0.1) is 0 Å². The monoisotopic (exact) mass is 341 g/mol. The zero-order valence-corrected chi connectivity index (χ0v) is 9.98. The van der Waals surface area contributed by atoms with Crippen LogP contribution in [0.2, 0.25) is 0 Å². The van der Waals surface area contributed by atoms with E-state index in [1.54, 1.807) is 6.92 Å². The van der Waals surface area contributed by atoms with E-state index >= 15 is 0 Å². The zero-order valence-electron chi connectivity index (χ0n) is 7.70. The molecule has 0 saturated carbocycles. The summed E-state index contributed by atoms with van der Waals surface area (Å²) in [6.45, 7) is 1.54. The maximum Gasteiger partial charge on any atom is 4.00 e. The van der Waals surface area contributed by atoms with Crippen molar-refractivity contribution in [1.29, 1.82) is 0 Å². The maximum absolute atomic E-state index is 5.96. The van der Waals surface area contributed by atoms with Gasteiger partial charge in [0.1, 0.15) is 0 Å². The second-order valence-corrected chi connectivity index (χ2v) is 1.33. The van der Waals surface area contributed by atoms with Crippen LogP contribution in [-0.4, -0.2) is 0 Å². The first-order valence-corrected chi connectivity index (χ1v) is 2.66. The Balaban J connectivity index is -0.0000000489. The van der Waals surface area contributed by atoms with Crippen LogP contribution in [-0.2, 0) is 21.1 Å². The fraction of sp³-hybridized carbons (Fsp3) is 0.0909. The molecule has 1 aromatic carbocycles. The molecule has 0 radical (unpaired) electrons. The van der Waals surface area contributed by atoms with E-state index in [9.17, 15) is 0 Å². The number of hydrogen-bond acceptors (Lipinski definition) is 0. The van der Waals surface area contributed by atoms with Crippen molar-refractivity contribution in [2.45, 2.75) is 6.92 Å². The predicted octanol–water partition coefficient (Wildman–Crippen LogP) is 2.98. The largest absolute Gasteiger partial charge is 4.00 e. The molecule has 68 valence electrons. The SMILES string of the molecule is [C-]#CC.[CH3-].[CH3-].[Pt+4].[c-]1ccccc1. The van der Waals surface area contributed by atoms with Crippen molar-refractivity contribution in [2.24, 2.45) is 0 Å². The van der Waals surface area contributed by atoms with Crippen molar-refractivity contribution >= 4 is 0 Å². The Morgan fingerprint density at radius 2 is 1.42 bits per heavy atom. The summed E-state index contributed by atoms with van der Waals surface area (Å²) < 4.78 is 0. The maximum atomic E-state index is 5.96. The molecule has 0 aliphatic rings. The summed E-state index contributed by atoms with van der Waals surface area (Å²) in [5.41, 5.74) is 0. The quantitative estimate of drug-likeness (QED) is 0.503. The second-order valence-electron chi connectivity index (χ2n) is 1.33. The first-order valence-electron chi connectivity index (χ1n) is 2.66. The van der Waals surface area contributed by atoms with Crippen LogP contribution in [0.4, 0.5) is 0 Å². The van der Waals surface area contributed by atoms with Crippen molar-refractivity contribution < 1.29 is 21.1 Å². The van der Waals surface area contributed by atoms with Gasteiger partial charge < -0.3 is 27.2 Å². The molecule has 0 unspecified atom stereocenters. The fourth-order valence-electron chi connectivity index (χ4n) is 0.342. The van der Waals surface area contributed by atoms with Gasteiger partial charge in [-0.1, -0.05) is 0 Å². The van der Waals surface area contributed by atoms with Crippen LogP contribution in [0, 0.1) is 33.3 Å². The van der Waals surface area contributed by atoms with Gasteiger partial charge in [-0.2, -0.15) is 36.4 Å². The van der Waals surface area contributed by atoms with Crippen LogP contribution in [0.15, 0.2) is 30.3 Å². The molecule has 0 heterocycles. The van der Waals surface area contributed by atoms with Crippen LogP contribution in [0.1, 0.15) is 6.92 Å². The van der Waals surface area contributed by atoms with E-state index in [1.165, 1.54) is 0 Å². The van der Waals surface area contributed by atoms with Gasteiger partial charge in [0.15, 0.2) is 0 Å². The number of rotatable bonds is 0. The van der Waals surface area contributed by atoms with E-state index in [0.717, 1.165) is 0 Å². The molecule has 0 bridgehead atoms. The van der Waals surface area contributed by atoms with Crippen LogP contribution >= 0.6 is 0 Å². The Labute approximate surface area is 91.7 Å². The minimum atomic E-state index is 0. The molecule has 1 aromatic rings. The molecule has 0 aliphatic heterocycles. The first kappa shape index (κ1) is 22.5. The van der Waals surface area contributed by atoms with Gasteiger partial charge >= 0.3 is 21.1 Å². The van der Waals surface area contributed by atoms with Gasteiger partial charge in [0.05, 0.1) is 0 Å².